The smallest absolute Gasteiger partial charge is 0.315 e. The number of hydrogen-bond donors (Lipinski definition) is 2. The van der Waals surface area contributed by atoms with E-state index in [1.807, 2.05) is 6.92 Å². The van der Waals surface area contributed by atoms with E-state index in [4.69, 9.17) is 27.9 Å². The first kappa shape index (κ1) is 15.4. The maximum absolute atomic E-state index is 11.8. The fourth-order valence-corrected chi connectivity index (χ4v) is 2.66. The quantitative estimate of drug-likeness (QED) is 0.894. The van der Waals surface area contributed by atoms with Gasteiger partial charge in [0.15, 0.2) is 0 Å². The van der Waals surface area contributed by atoms with Gasteiger partial charge in [0.05, 0.1) is 12.1 Å². The maximum atomic E-state index is 11.8. The third-order valence-corrected chi connectivity index (χ3v) is 3.92. The number of rotatable bonds is 4. The predicted octanol–water partition coefficient (Wildman–Crippen LogP) is 3.36. The van der Waals surface area contributed by atoms with Gasteiger partial charge in [-0.05, 0) is 37.5 Å². The van der Waals surface area contributed by atoms with Crippen LogP contribution in [0.3, 0.4) is 0 Å². The van der Waals surface area contributed by atoms with Crippen molar-refractivity contribution in [3.05, 3.63) is 33.8 Å². The molecule has 110 valence electrons. The summed E-state index contributed by atoms with van der Waals surface area (Å²) in [5, 5.41) is 6.78. The highest BCUT2D eigenvalue weighted by atomic mass is 35.5. The first-order chi connectivity index (χ1) is 9.56. The van der Waals surface area contributed by atoms with Crippen molar-refractivity contribution in [1.29, 1.82) is 0 Å². The summed E-state index contributed by atoms with van der Waals surface area (Å²) in [4.78, 5) is 11.8. The molecule has 0 aliphatic carbocycles. The SMILES string of the molecule is CC(NC(=O)NCc1ccc(Cl)cc1Cl)C1CCCO1. The first-order valence-corrected chi connectivity index (χ1v) is 7.42. The molecular weight excluding hydrogens is 299 g/mol. The topological polar surface area (TPSA) is 50.4 Å². The average Bonchev–Trinajstić information content (AvgIpc) is 2.91. The summed E-state index contributed by atoms with van der Waals surface area (Å²) in [5.74, 6) is 0. The van der Waals surface area contributed by atoms with E-state index in [-0.39, 0.29) is 18.2 Å². The molecule has 1 heterocycles. The molecule has 1 aromatic rings. The fraction of sp³-hybridized carbons (Fsp3) is 0.500. The molecule has 2 amide bonds. The molecule has 1 aromatic carbocycles. The minimum absolute atomic E-state index is 0.00168. The van der Waals surface area contributed by atoms with Gasteiger partial charge < -0.3 is 15.4 Å². The van der Waals surface area contributed by atoms with Crippen LogP contribution in [0.5, 0.6) is 0 Å². The summed E-state index contributed by atoms with van der Waals surface area (Å²) in [6.45, 7) is 3.09. The third-order valence-electron chi connectivity index (χ3n) is 3.34. The highest BCUT2D eigenvalue weighted by molar-refractivity contribution is 6.35. The minimum atomic E-state index is -0.223. The molecule has 0 bridgehead atoms. The lowest BCUT2D eigenvalue weighted by Crippen LogP contribution is -2.45. The standard InChI is InChI=1S/C14H18Cl2N2O2/c1-9(13-3-2-6-20-13)18-14(19)17-8-10-4-5-11(15)7-12(10)16/h4-5,7,9,13H,2-3,6,8H2,1H3,(H2,17,18,19). The highest BCUT2D eigenvalue weighted by Crippen LogP contribution is 2.20. The molecule has 20 heavy (non-hydrogen) atoms. The summed E-state index contributed by atoms with van der Waals surface area (Å²) in [7, 11) is 0. The number of carbonyl (C=O) groups is 1. The summed E-state index contributed by atoms with van der Waals surface area (Å²) in [5.41, 5.74) is 0.830. The number of carbonyl (C=O) groups excluding carboxylic acids is 1. The van der Waals surface area contributed by atoms with E-state index in [0.717, 1.165) is 25.0 Å². The van der Waals surface area contributed by atoms with E-state index in [1.54, 1.807) is 18.2 Å². The monoisotopic (exact) mass is 316 g/mol. The second-order valence-corrected chi connectivity index (χ2v) is 5.75. The van der Waals surface area contributed by atoms with E-state index in [2.05, 4.69) is 10.6 Å². The second kappa shape index (κ2) is 7.16. The van der Waals surface area contributed by atoms with Crippen molar-refractivity contribution in [1.82, 2.24) is 10.6 Å². The summed E-state index contributed by atoms with van der Waals surface area (Å²) < 4.78 is 5.53. The van der Waals surface area contributed by atoms with Gasteiger partial charge in [0, 0.05) is 23.2 Å². The fourth-order valence-electron chi connectivity index (χ4n) is 2.19. The first-order valence-electron chi connectivity index (χ1n) is 6.66. The largest absolute Gasteiger partial charge is 0.376 e. The van der Waals surface area contributed by atoms with Crippen LogP contribution in [0.2, 0.25) is 10.0 Å². The molecule has 4 nitrogen and oxygen atoms in total. The molecule has 1 aliphatic rings. The van der Waals surface area contributed by atoms with Crippen molar-refractivity contribution < 1.29 is 9.53 Å². The molecule has 6 heteroatoms. The van der Waals surface area contributed by atoms with Crippen molar-refractivity contribution in [2.75, 3.05) is 6.61 Å². The lowest BCUT2D eigenvalue weighted by Gasteiger charge is -2.20. The van der Waals surface area contributed by atoms with Crippen molar-refractivity contribution >= 4 is 29.2 Å². The van der Waals surface area contributed by atoms with E-state index in [9.17, 15) is 4.79 Å². The third kappa shape index (κ3) is 4.27. The van der Waals surface area contributed by atoms with Gasteiger partial charge in [0.25, 0.3) is 0 Å². The molecular formula is C14H18Cl2N2O2. The van der Waals surface area contributed by atoms with Gasteiger partial charge in [-0.3, -0.25) is 0 Å². The summed E-state index contributed by atoms with van der Waals surface area (Å²) in [6.07, 6.45) is 2.16. The molecule has 2 rings (SSSR count). The molecule has 0 saturated carbocycles. The van der Waals surface area contributed by atoms with Crippen LogP contribution in [0, 0.1) is 0 Å². The van der Waals surface area contributed by atoms with Crippen molar-refractivity contribution in [3.8, 4) is 0 Å². The Bertz CT molecular complexity index is 476. The number of amides is 2. The Morgan fingerprint density at radius 2 is 2.30 bits per heavy atom. The van der Waals surface area contributed by atoms with Crippen LogP contribution in [0.1, 0.15) is 25.3 Å². The average molecular weight is 317 g/mol. The van der Waals surface area contributed by atoms with Crippen LogP contribution in [0.15, 0.2) is 18.2 Å². The zero-order valence-electron chi connectivity index (χ0n) is 11.3. The van der Waals surface area contributed by atoms with Gasteiger partial charge in [-0.2, -0.15) is 0 Å². The van der Waals surface area contributed by atoms with Crippen molar-refractivity contribution in [2.45, 2.75) is 38.5 Å². The molecule has 2 N–H and O–H groups in total. The minimum Gasteiger partial charge on any atom is -0.376 e. The van der Waals surface area contributed by atoms with Gasteiger partial charge in [-0.15, -0.1) is 0 Å². The van der Waals surface area contributed by atoms with Gasteiger partial charge in [-0.25, -0.2) is 4.79 Å². The zero-order valence-corrected chi connectivity index (χ0v) is 12.8. The van der Waals surface area contributed by atoms with Gasteiger partial charge in [0.2, 0.25) is 0 Å². The lowest BCUT2D eigenvalue weighted by atomic mass is 10.1. The van der Waals surface area contributed by atoms with Crippen LogP contribution in [-0.2, 0) is 11.3 Å². The number of hydrogen-bond acceptors (Lipinski definition) is 2. The van der Waals surface area contributed by atoms with Crippen LogP contribution >= 0.6 is 23.2 Å². The Hall–Kier alpha value is -0.970. The number of benzene rings is 1. The van der Waals surface area contributed by atoms with Gasteiger partial charge in [0.1, 0.15) is 0 Å². The zero-order chi connectivity index (χ0) is 14.5. The van der Waals surface area contributed by atoms with E-state index >= 15 is 0 Å². The Balaban J connectivity index is 1.79. The van der Waals surface area contributed by atoms with Gasteiger partial charge >= 0.3 is 6.03 Å². The molecule has 2 unspecified atom stereocenters. The maximum Gasteiger partial charge on any atom is 0.315 e. The molecule has 0 aromatic heterocycles. The molecule has 1 aliphatic heterocycles. The predicted molar refractivity (Wildman–Crippen MR) is 80.3 cm³/mol. The Morgan fingerprint density at radius 1 is 1.50 bits per heavy atom. The Kier molecular flexibility index (Phi) is 5.52. The Morgan fingerprint density at radius 3 is 2.95 bits per heavy atom. The molecule has 2 atom stereocenters. The van der Waals surface area contributed by atoms with Crippen molar-refractivity contribution in [3.63, 3.8) is 0 Å². The molecule has 0 radical (unpaired) electrons. The number of urea groups is 1. The number of halogens is 2. The van der Waals surface area contributed by atoms with E-state index in [1.165, 1.54) is 0 Å². The molecule has 1 fully saturated rings. The van der Waals surface area contributed by atoms with Gasteiger partial charge in [-0.1, -0.05) is 29.3 Å². The van der Waals surface area contributed by atoms with Crippen LogP contribution in [0.4, 0.5) is 4.79 Å². The van der Waals surface area contributed by atoms with Crippen LogP contribution in [0.25, 0.3) is 0 Å². The molecule has 0 spiro atoms. The number of nitrogens with one attached hydrogen (secondary N) is 2. The van der Waals surface area contributed by atoms with E-state index < -0.39 is 0 Å². The van der Waals surface area contributed by atoms with E-state index in [0.29, 0.717) is 16.6 Å². The Labute approximate surface area is 128 Å². The molecule has 1 saturated heterocycles. The van der Waals surface area contributed by atoms with Crippen LogP contribution in [-0.4, -0.2) is 24.8 Å². The van der Waals surface area contributed by atoms with Crippen molar-refractivity contribution in [2.24, 2.45) is 0 Å². The summed E-state index contributed by atoms with van der Waals surface area (Å²) >= 11 is 11.9. The van der Waals surface area contributed by atoms with Crippen LogP contribution < -0.4 is 10.6 Å². The summed E-state index contributed by atoms with van der Waals surface area (Å²) in [6, 6.07) is 4.98. The lowest BCUT2D eigenvalue weighted by molar-refractivity contribution is 0.0860. The normalized spacial score (nSPS) is 19.6. The number of ether oxygens (including phenoxy) is 1. The second-order valence-electron chi connectivity index (χ2n) is 4.90. The highest BCUT2D eigenvalue weighted by Gasteiger charge is 2.23.